The van der Waals surface area contributed by atoms with E-state index < -0.39 is 5.91 Å². The predicted molar refractivity (Wildman–Crippen MR) is 122 cm³/mol. The number of benzene rings is 2. The highest BCUT2D eigenvalue weighted by atomic mass is 35.5. The number of amides is 1. The Labute approximate surface area is 188 Å². The number of morpholine rings is 1. The molecule has 2 aromatic carbocycles. The summed E-state index contributed by atoms with van der Waals surface area (Å²) in [5.41, 5.74) is 1.23. The molecule has 2 N–H and O–H groups in total. The summed E-state index contributed by atoms with van der Waals surface area (Å²) in [5.74, 6) is -0.0751. The highest BCUT2D eigenvalue weighted by Crippen LogP contribution is 2.28. The number of aromatic nitrogens is 3. The Balaban J connectivity index is 1.28. The van der Waals surface area contributed by atoms with Gasteiger partial charge < -0.3 is 24.7 Å². The smallest absolute Gasteiger partial charge is 0.320 e. The zero-order valence-corrected chi connectivity index (χ0v) is 17.7. The van der Waals surface area contributed by atoms with Gasteiger partial charge in [0, 0.05) is 18.5 Å². The number of pyridine rings is 1. The number of rotatable bonds is 5. The topological polar surface area (TPSA) is 105 Å². The molecule has 32 heavy (non-hydrogen) atoms. The fourth-order valence-corrected chi connectivity index (χ4v) is 3.79. The normalized spacial score (nSPS) is 13.8. The first-order chi connectivity index (χ1) is 15.7. The minimum atomic E-state index is -0.555. The van der Waals surface area contributed by atoms with Crippen molar-refractivity contribution in [2.45, 2.75) is 0 Å². The van der Waals surface area contributed by atoms with E-state index in [9.17, 15) is 4.79 Å². The summed E-state index contributed by atoms with van der Waals surface area (Å²) in [5, 5.41) is 16.0. The van der Waals surface area contributed by atoms with Crippen molar-refractivity contribution < 1.29 is 13.9 Å². The van der Waals surface area contributed by atoms with Gasteiger partial charge in [-0.25, -0.2) is 4.98 Å². The molecule has 0 saturated carbocycles. The summed E-state index contributed by atoms with van der Waals surface area (Å²) in [6, 6.07) is 15.5. The van der Waals surface area contributed by atoms with Crippen LogP contribution in [-0.4, -0.2) is 47.4 Å². The molecule has 0 aliphatic carbocycles. The van der Waals surface area contributed by atoms with Gasteiger partial charge in [0.25, 0.3) is 0 Å². The van der Waals surface area contributed by atoms with Gasteiger partial charge in [0.05, 0.1) is 35.8 Å². The van der Waals surface area contributed by atoms with Crippen molar-refractivity contribution in [2.75, 3.05) is 41.8 Å². The van der Waals surface area contributed by atoms with Gasteiger partial charge in [0.2, 0.25) is 0 Å². The minimum absolute atomic E-state index is 0.116. The van der Waals surface area contributed by atoms with Crippen LogP contribution in [0.4, 0.5) is 23.2 Å². The highest BCUT2D eigenvalue weighted by Gasteiger charge is 2.19. The largest absolute Gasteiger partial charge is 0.399 e. The molecule has 162 valence electrons. The highest BCUT2D eigenvalue weighted by molar-refractivity contribution is 6.33. The molecule has 1 amide bonds. The molecule has 3 heterocycles. The number of carbonyl (C=O) groups excluding carboxylic acids is 1. The number of nitrogens with one attached hydrogen (secondary N) is 2. The zero-order chi connectivity index (χ0) is 21.9. The van der Waals surface area contributed by atoms with Gasteiger partial charge in [-0.1, -0.05) is 53.1 Å². The van der Waals surface area contributed by atoms with Crippen molar-refractivity contribution in [3.05, 3.63) is 65.6 Å². The zero-order valence-electron chi connectivity index (χ0n) is 16.9. The molecule has 1 fully saturated rings. The van der Waals surface area contributed by atoms with E-state index in [1.165, 1.54) is 0 Å². The Morgan fingerprint density at radius 3 is 2.72 bits per heavy atom. The lowest BCUT2D eigenvalue weighted by molar-refractivity contribution is 0.0991. The molecular weight excluding hydrogens is 432 g/mol. The quantitative estimate of drug-likeness (QED) is 0.468. The van der Waals surface area contributed by atoms with Crippen molar-refractivity contribution in [3.63, 3.8) is 0 Å². The average molecular weight is 451 g/mol. The van der Waals surface area contributed by atoms with Gasteiger partial charge in [-0.3, -0.25) is 4.79 Å². The molecule has 2 aromatic heterocycles. The van der Waals surface area contributed by atoms with Gasteiger partial charge in [-0.15, -0.1) is 5.10 Å². The molecule has 1 saturated heterocycles. The Morgan fingerprint density at radius 2 is 1.88 bits per heavy atom. The minimum Gasteiger partial charge on any atom is -0.399 e. The molecule has 1 aliphatic rings. The number of anilines is 4. The number of hydrogen-bond acceptors (Lipinski definition) is 8. The van der Waals surface area contributed by atoms with Crippen molar-refractivity contribution in [1.82, 2.24) is 15.2 Å². The van der Waals surface area contributed by atoms with E-state index >= 15 is 0 Å². The van der Waals surface area contributed by atoms with Crippen LogP contribution < -0.4 is 15.5 Å². The van der Waals surface area contributed by atoms with E-state index in [-0.39, 0.29) is 11.9 Å². The van der Waals surface area contributed by atoms with E-state index in [1.54, 1.807) is 12.3 Å². The third-order valence-electron chi connectivity index (χ3n) is 5.04. The van der Waals surface area contributed by atoms with Crippen LogP contribution in [0.5, 0.6) is 0 Å². The van der Waals surface area contributed by atoms with Crippen LogP contribution in [-0.2, 0) is 4.74 Å². The lowest BCUT2D eigenvalue weighted by Gasteiger charge is -2.28. The molecule has 5 rings (SSSR count). The number of nitrogens with zero attached hydrogens (tertiary/aromatic N) is 4. The second-order valence-corrected chi connectivity index (χ2v) is 7.55. The van der Waals surface area contributed by atoms with Crippen molar-refractivity contribution >= 4 is 51.5 Å². The van der Waals surface area contributed by atoms with Gasteiger partial charge in [0.15, 0.2) is 0 Å². The van der Waals surface area contributed by atoms with Crippen LogP contribution >= 0.6 is 11.6 Å². The van der Waals surface area contributed by atoms with Crippen LogP contribution in [0.1, 0.15) is 10.7 Å². The van der Waals surface area contributed by atoms with Crippen LogP contribution in [0.25, 0.3) is 10.8 Å². The van der Waals surface area contributed by atoms with Crippen molar-refractivity contribution in [3.8, 4) is 0 Å². The van der Waals surface area contributed by atoms with E-state index in [0.29, 0.717) is 42.8 Å². The van der Waals surface area contributed by atoms with Gasteiger partial charge in [-0.2, -0.15) is 0 Å². The summed E-state index contributed by atoms with van der Waals surface area (Å²) >= 11 is 6.38. The molecular formula is C22H19ClN6O3. The summed E-state index contributed by atoms with van der Waals surface area (Å²) in [7, 11) is 0. The number of halogens is 1. The molecule has 4 aromatic rings. The van der Waals surface area contributed by atoms with Crippen molar-refractivity contribution in [2.24, 2.45) is 0 Å². The first-order valence-corrected chi connectivity index (χ1v) is 10.4. The maximum atomic E-state index is 12.6. The Morgan fingerprint density at radius 1 is 1.06 bits per heavy atom. The Kier molecular flexibility index (Phi) is 5.57. The molecule has 0 atom stereocenters. The Bertz CT molecular complexity index is 1270. The molecule has 10 heteroatoms. The lowest BCUT2D eigenvalue weighted by Crippen LogP contribution is -2.36. The molecule has 0 radical (unpaired) electrons. The predicted octanol–water partition coefficient (Wildman–Crippen LogP) is 4.10. The molecule has 9 nitrogen and oxygen atoms in total. The molecule has 0 unspecified atom stereocenters. The second-order valence-electron chi connectivity index (χ2n) is 7.15. The maximum Gasteiger partial charge on any atom is 0.320 e. The van der Waals surface area contributed by atoms with Crippen molar-refractivity contribution in [1.29, 1.82) is 0 Å². The number of carbonyl (C=O) groups is 1. The monoisotopic (exact) mass is 450 g/mol. The fraction of sp³-hybridized carbons (Fsp3) is 0.182. The summed E-state index contributed by atoms with van der Waals surface area (Å²) in [6.07, 6.45) is 1.54. The third-order valence-corrected chi connectivity index (χ3v) is 5.32. The summed E-state index contributed by atoms with van der Waals surface area (Å²) in [4.78, 5) is 19.0. The van der Waals surface area contributed by atoms with Gasteiger partial charge >= 0.3 is 17.8 Å². The standard InChI is InChI=1S/C22H19ClN6O3/c23-17-12-15(13-24-19(17)29-8-10-31-11-9-29)25-20(30)21-27-28-22(32-21)26-18-7-3-5-14-4-1-2-6-16(14)18/h1-7,12-13H,8-11H2,(H,25,30)(H,26,28). The molecule has 1 aliphatic heterocycles. The summed E-state index contributed by atoms with van der Waals surface area (Å²) < 4.78 is 10.8. The van der Waals surface area contributed by atoms with E-state index in [0.717, 1.165) is 16.5 Å². The molecule has 0 bridgehead atoms. The van der Waals surface area contributed by atoms with Gasteiger partial charge in [0.1, 0.15) is 5.82 Å². The van der Waals surface area contributed by atoms with Crippen LogP contribution in [0, 0.1) is 0 Å². The summed E-state index contributed by atoms with van der Waals surface area (Å²) in [6.45, 7) is 2.69. The maximum absolute atomic E-state index is 12.6. The first-order valence-electron chi connectivity index (χ1n) is 10.1. The molecule has 0 spiro atoms. The number of fused-ring (bicyclic) bond motifs is 1. The van der Waals surface area contributed by atoms with E-state index in [4.69, 9.17) is 20.8 Å². The van der Waals surface area contributed by atoms with E-state index in [1.807, 2.05) is 47.4 Å². The number of hydrogen-bond donors (Lipinski definition) is 2. The van der Waals surface area contributed by atoms with Gasteiger partial charge in [-0.05, 0) is 17.5 Å². The Hall–Kier alpha value is -3.69. The average Bonchev–Trinajstić information content (AvgIpc) is 3.29. The van der Waals surface area contributed by atoms with Crippen LogP contribution in [0.3, 0.4) is 0 Å². The lowest BCUT2D eigenvalue weighted by atomic mass is 10.1. The first kappa shape index (κ1) is 20.2. The van der Waals surface area contributed by atoms with Crippen LogP contribution in [0.2, 0.25) is 5.02 Å². The SMILES string of the molecule is O=C(Nc1cnc(N2CCOCC2)c(Cl)c1)c1nnc(Nc2cccc3ccccc23)o1. The number of ether oxygens (including phenoxy) is 1. The fourth-order valence-electron chi connectivity index (χ4n) is 3.51. The van der Waals surface area contributed by atoms with Crippen LogP contribution in [0.15, 0.2) is 59.1 Å². The van der Waals surface area contributed by atoms with E-state index in [2.05, 4.69) is 25.8 Å². The second kappa shape index (κ2) is 8.81. The third kappa shape index (κ3) is 4.20.